The minimum atomic E-state index is -0.442. The summed E-state index contributed by atoms with van der Waals surface area (Å²) >= 11 is 0. The lowest BCUT2D eigenvalue weighted by Gasteiger charge is -2.24. The van der Waals surface area contributed by atoms with E-state index in [2.05, 4.69) is 18.0 Å². The molecule has 0 radical (unpaired) electrons. The summed E-state index contributed by atoms with van der Waals surface area (Å²) in [5.74, 6) is -0.376. The van der Waals surface area contributed by atoms with Crippen molar-refractivity contribution in [2.45, 2.75) is 56.5 Å². The number of carbonyl (C=O) groups excluding carboxylic acids is 1. The molecule has 0 spiro atoms. The molecule has 110 valence electrons. The van der Waals surface area contributed by atoms with Crippen LogP contribution in [0.4, 0.5) is 0 Å². The van der Waals surface area contributed by atoms with Crippen molar-refractivity contribution in [1.29, 1.82) is 0 Å². The second-order valence-electron chi connectivity index (χ2n) is 6.23. The molecule has 1 aliphatic carbocycles. The molecule has 5 heteroatoms. The molecule has 3 fully saturated rings. The number of fused-ring (bicyclic) bond motifs is 2. The first-order valence-electron chi connectivity index (χ1n) is 7.00. The highest BCUT2D eigenvalue weighted by molar-refractivity contribution is 5.90. The Morgan fingerprint density at radius 3 is 2.90 bits per heavy atom. The lowest BCUT2D eigenvalue weighted by molar-refractivity contribution is -0.271. The Labute approximate surface area is 118 Å². The van der Waals surface area contributed by atoms with Gasteiger partial charge in [0, 0.05) is 17.9 Å². The van der Waals surface area contributed by atoms with Gasteiger partial charge in [0.25, 0.3) is 0 Å². The van der Waals surface area contributed by atoms with Crippen LogP contribution in [0.15, 0.2) is 24.3 Å². The largest absolute Gasteiger partial charge is 0.458 e. The molecular formula is C15H20O5. The van der Waals surface area contributed by atoms with Gasteiger partial charge in [-0.05, 0) is 31.8 Å². The average Bonchev–Trinajstić information content (AvgIpc) is 2.97. The van der Waals surface area contributed by atoms with Crippen LogP contribution in [-0.2, 0) is 19.2 Å². The highest BCUT2D eigenvalue weighted by atomic mass is 17.1. The van der Waals surface area contributed by atoms with Crippen LogP contribution in [-0.4, -0.2) is 35.1 Å². The molecule has 20 heavy (non-hydrogen) atoms. The molecule has 0 bridgehead atoms. The summed E-state index contributed by atoms with van der Waals surface area (Å²) < 4.78 is 11.2. The zero-order valence-corrected chi connectivity index (χ0v) is 11.6. The number of ether oxygens (including phenoxy) is 2. The Morgan fingerprint density at radius 2 is 2.20 bits per heavy atom. The van der Waals surface area contributed by atoms with Gasteiger partial charge < -0.3 is 9.47 Å². The average molecular weight is 280 g/mol. The Bertz CT molecular complexity index is 471. The molecule has 5 atom stereocenters. The van der Waals surface area contributed by atoms with E-state index in [4.69, 9.17) is 14.7 Å². The maximum atomic E-state index is 11.7. The molecule has 0 aromatic heterocycles. The fraction of sp³-hybridized carbons (Fsp3) is 0.667. The maximum Gasteiger partial charge on any atom is 0.334 e. The maximum absolute atomic E-state index is 11.7. The summed E-state index contributed by atoms with van der Waals surface area (Å²) in [6.45, 7) is 9.86. The third kappa shape index (κ3) is 2.20. The molecular weight excluding hydrogens is 260 g/mol. The number of hydrogen-bond acceptors (Lipinski definition) is 5. The van der Waals surface area contributed by atoms with Gasteiger partial charge in [0.1, 0.15) is 12.2 Å². The van der Waals surface area contributed by atoms with Gasteiger partial charge in [0.2, 0.25) is 0 Å². The predicted octanol–water partition coefficient (Wildman–Crippen LogP) is 2.23. The quantitative estimate of drug-likeness (QED) is 0.199. The van der Waals surface area contributed by atoms with Gasteiger partial charge in [0.05, 0.1) is 11.7 Å². The van der Waals surface area contributed by atoms with Crippen LogP contribution < -0.4 is 0 Å². The SMILES string of the molecule is C=C1C[C@@H]2OC(=O)C(=C)[C@H]2C[C@@H]2O[C@]2(C)CC[C@@H]1OO. The summed E-state index contributed by atoms with van der Waals surface area (Å²) in [5.41, 5.74) is 1.06. The van der Waals surface area contributed by atoms with E-state index in [9.17, 15) is 4.79 Å². The van der Waals surface area contributed by atoms with Crippen LogP contribution in [0.25, 0.3) is 0 Å². The van der Waals surface area contributed by atoms with Gasteiger partial charge in [-0.15, -0.1) is 0 Å². The number of esters is 1. The fourth-order valence-electron chi connectivity index (χ4n) is 3.33. The van der Waals surface area contributed by atoms with E-state index < -0.39 is 6.10 Å². The van der Waals surface area contributed by atoms with Gasteiger partial charge in [-0.2, -0.15) is 0 Å². The second-order valence-corrected chi connectivity index (χ2v) is 6.23. The first-order chi connectivity index (χ1) is 9.44. The first-order valence-corrected chi connectivity index (χ1v) is 7.00. The van der Waals surface area contributed by atoms with Gasteiger partial charge in [-0.3, -0.25) is 5.26 Å². The van der Waals surface area contributed by atoms with E-state index in [-0.39, 0.29) is 29.7 Å². The van der Waals surface area contributed by atoms with E-state index in [1.807, 2.05) is 6.92 Å². The Hall–Kier alpha value is -1.17. The van der Waals surface area contributed by atoms with Crippen molar-refractivity contribution >= 4 is 5.97 Å². The third-order valence-electron chi connectivity index (χ3n) is 4.87. The molecule has 0 amide bonds. The Kier molecular flexibility index (Phi) is 3.23. The number of rotatable bonds is 1. The minimum absolute atomic E-state index is 0.0384. The minimum Gasteiger partial charge on any atom is -0.458 e. The van der Waals surface area contributed by atoms with E-state index in [0.717, 1.165) is 18.4 Å². The van der Waals surface area contributed by atoms with Crippen molar-refractivity contribution in [2.75, 3.05) is 0 Å². The van der Waals surface area contributed by atoms with Crippen molar-refractivity contribution in [1.82, 2.24) is 0 Å². The predicted molar refractivity (Wildman–Crippen MR) is 70.9 cm³/mol. The standard InChI is InChI=1S/C15H20O5/c1-8-6-12-10(9(2)14(16)18-12)7-13-15(3,19-13)5-4-11(8)20-17/h10-13,17H,1-2,4-7H2,3H3/t10-,11+,12+,13+,15-/m1/s1. The van der Waals surface area contributed by atoms with Crippen molar-refractivity contribution in [3.8, 4) is 0 Å². The van der Waals surface area contributed by atoms with Crippen molar-refractivity contribution in [3.63, 3.8) is 0 Å². The van der Waals surface area contributed by atoms with Crippen LogP contribution >= 0.6 is 0 Å². The summed E-state index contributed by atoms with van der Waals surface area (Å²) in [6.07, 6.45) is 2.09. The monoisotopic (exact) mass is 280 g/mol. The van der Waals surface area contributed by atoms with Gasteiger partial charge in [-0.25, -0.2) is 9.68 Å². The van der Waals surface area contributed by atoms with Crippen molar-refractivity contribution in [3.05, 3.63) is 24.3 Å². The fourth-order valence-corrected chi connectivity index (χ4v) is 3.33. The van der Waals surface area contributed by atoms with E-state index >= 15 is 0 Å². The first kappa shape index (κ1) is 13.8. The van der Waals surface area contributed by atoms with Crippen LogP contribution in [0.1, 0.15) is 32.6 Å². The molecule has 2 aliphatic heterocycles. The van der Waals surface area contributed by atoms with Crippen LogP contribution in [0.3, 0.4) is 0 Å². The van der Waals surface area contributed by atoms with Crippen LogP contribution in [0, 0.1) is 5.92 Å². The molecule has 1 saturated carbocycles. The topological polar surface area (TPSA) is 68.3 Å². The molecule has 3 aliphatic rings. The number of epoxide rings is 1. The van der Waals surface area contributed by atoms with Crippen LogP contribution in [0.2, 0.25) is 0 Å². The lowest BCUT2D eigenvalue weighted by atomic mass is 9.82. The van der Waals surface area contributed by atoms with Gasteiger partial charge >= 0.3 is 5.97 Å². The highest BCUT2D eigenvalue weighted by Crippen LogP contribution is 2.48. The van der Waals surface area contributed by atoms with Crippen LogP contribution in [0.5, 0.6) is 0 Å². The molecule has 1 N–H and O–H groups in total. The molecule has 2 heterocycles. The summed E-state index contributed by atoms with van der Waals surface area (Å²) in [6, 6.07) is 0. The molecule has 0 aromatic rings. The Balaban J connectivity index is 1.84. The number of carbonyl (C=O) groups is 1. The highest BCUT2D eigenvalue weighted by Gasteiger charge is 2.55. The summed E-state index contributed by atoms with van der Waals surface area (Å²) in [4.78, 5) is 16.3. The Morgan fingerprint density at radius 1 is 1.45 bits per heavy atom. The molecule has 0 aromatic carbocycles. The summed E-state index contributed by atoms with van der Waals surface area (Å²) in [7, 11) is 0. The van der Waals surface area contributed by atoms with Gasteiger partial charge in [0.15, 0.2) is 0 Å². The summed E-state index contributed by atoms with van der Waals surface area (Å²) in [5, 5.41) is 9.04. The zero-order chi connectivity index (χ0) is 14.5. The van der Waals surface area contributed by atoms with E-state index in [1.165, 1.54) is 0 Å². The molecule has 2 saturated heterocycles. The second kappa shape index (κ2) is 4.69. The molecule has 5 nitrogen and oxygen atoms in total. The van der Waals surface area contributed by atoms with Gasteiger partial charge in [-0.1, -0.05) is 13.2 Å². The van der Waals surface area contributed by atoms with Crippen molar-refractivity contribution < 1.29 is 24.4 Å². The lowest BCUT2D eigenvalue weighted by Crippen LogP contribution is -2.27. The van der Waals surface area contributed by atoms with Crippen molar-refractivity contribution in [2.24, 2.45) is 5.92 Å². The zero-order valence-electron chi connectivity index (χ0n) is 11.6. The third-order valence-corrected chi connectivity index (χ3v) is 4.87. The van der Waals surface area contributed by atoms with E-state index in [0.29, 0.717) is 18.4 Å². The molecule has 3 rings (SSSR count). The molecule has 0 unspecified atom stereocenters. The number of hydrogen-bond donors (Lipinski definition) is 1. The van der Waals surface area contributed by atoms with E-state index in [1.54, 1.807) is 0 Å². The normalized spacial score (nSPS) is 44.6. The smallest absolute Gasteiger partial charge is 0.334 e.